The maximum Gasteiger partial charge on any atom is 0.0436 e. The van der Waals surface area contributed by atoms with Crippen molar-refractivity contribution in [3.63, 3.8) is 0 Å². The minimum Gasteiger partial charge on any atom is -0.0843 e. The molecule has 2 aromatic carbocycles. The minimum atomic E-state index is 0.204. The lowest BCUT2D eigenvalue weighted by Crippen LogP contribution is -1.95. The van der Waals surface area contributed by atoms with E-state index in [1.54, 1.807) is 6.07 Å². The quantitative estimate of drug-likeness (QED) is 0.513. The number of halogens is 4. The lowest BCUT2D eigenvalue weighted by atomic mass is 10.0. The van der Waals surface area contributed by atoms with Gasteiger partial charge in [0.05, 0.1) is 0 Å². The molecule has 0 aliphatic carbocycles. The molecule has 2 aromatic rings. The van der Waals surface area contributed by atoms with Crippen molar-refractivity contribution in [1.29, 1.82) is 0 Å². The fourth-order valence-electron chi connectivity index (χ4n) is 1.70. The highest BCUT2D eigenvalue weighted by Gasteiger charge is 2.10. The van der Waals surface area contributed by atoms with E-state index in [1.807, 2.05) is 24.3 Å². The maximum absolute atomic E-state index is 6.01. The van der Waals surface area contributed by atoms with Crippen molar-refractivity contribution < 1.29 is 0 Å². The number of benzene rings is 2. The fraction of sp³-hybridized carbons (Fsp3) is 0.143. The number of hydrogen-bond donors (Lipinski definition) is 0. The second-order valence-electron chi connectivity index (χ2n) is 4.00. The molecule has 0 bridgehead atoms. The zero-order valence-corrected chi connectivity index (χ0v) is 14.0. The lowest BCUT2D eigenvalue weighted by molar-refractivity contribution is 0.949. The molecule has 1 atom stereocenters. The Balaban J connectivity index is 2.16. The van der Waals surface area contributed by atoms with E-state index < -0.39 is 0 Å². The van der Waals surface area contributed by atoms with Gasteiger partial charge in [-0.05, 0) is 47.9 Å². The van der Waals surface area contributed by atoms with Gasteiger partial charge in [-0.2, -0.15) is 0 Å². The van der Waals surface area contributed by atoms with Gasteiger partial charge in [0.15, 0.2) is 0 Å². The standard InChI is InChI=1S/C14H10Br2Cl2/c15-11-3-1-9(2-4-11)5-14(16)10-6-12(17)8-13(18)7-10/h1-4,6-8,14H,5H2. The predicted molar refractivity (Wildman–Crippen MR) is 86.0 cm³/mol. The van der Waals surface area contributed by atoms with Crippen LogP contribution in [0.25, 0.3) is 0 Å². The average molecular weight is 409 g/mol. The predicted octanol–water partition coefficient (Wildman–Crippen LogP) is 6.43. The average Bonchev–Trinajstić information content (AvgIpc) is 2.31. The molecule has 0 aromatic heterocycles. The van der Waals surface area contributed by atoms with Crippen LogP contribution in [-0.4, -0.2) is 0 Å². The molecule has 2 rings (SSSR count). The van der Waals surface area contributed by atoms with Gasteiger partial charge in [-0.3, -0.25) is 0 Å². The van der Waals surface area contributed by atoms with E-state index in [4.69, 9.17) is 23.2 Å². The van der Waals surface area contributed by atoms with Crippen LogP contribution in [0.4, 0.5) is 0 Å². The number of hydrogen-bond acceptors (Lipinski definition) is 0. The Kier molecular flexibility index (Phi) is 5.14. The molecule has 0 aliphatic rings. The molecule has 0 saturated heterocycles. The third-order valence-electron chi connectivity index (χ3n) is 2.57. The topological polar surface area (TPSA) is 0 Å². The Labute approximate surface area is 134 Å². The van der Waals surface area contributed by atoms with Gasteiger partial charge in [0, 0.05) is 19.3 Å². The first-order chi connectivity index (χ1) is 8.54. The highest BCUT2D eigenvalue weighted by molar-refractivity contribution is 9.10. The van der Waals surface area contributed by atoms with Crippen LogP contribution in [0.2, 0.25) is 10.0 Å². The Morgan fingerprint density at radius 3 is 2.06 bits per heavy atom. The van der Waals surface area contributed by atoms with E-state index in [1.165, 1.54) is 5.56 Å². The molecule has 0 nitrogen and oxygen atoms in total. The maximum atomic E-state index is 6.01. The summed E-state index contributed by atoms with van der Waals surface area (Å²) in [5, 5.41) is 1.33. The first-order valence-corrected chi connectivity index (χ1v) is 7.85. The Hall–Kier alpha value is -0.0200. The monoisotopic (exact) mass is 406 g/mol. The summed E-state index contributed by atoms with van der Waals surface area (Å²) in [6.45, 7) is 0. The normalized spacial score (nSPS) is 12.4. The molecule has 0 heterocycles. The van der Waals surface area contributed by atoms with Gasteiger partial charge >= 0.3 is 0 Å². The first kappa shape index (κ1) is 14.4. The Morgan fingerprint density at radius 1 is 0.944 bits per heavy atom. The van der Waals surface area contributed by atoms with Crippen LogP contribution in [0, 0.1) is 0 Å². The molecule has 0 aliphatic heterocycles. The molecule has 0 amide bonds. The van der Waals surface area contributed by atoms with Crippen molar-refractivity contribution in [3.8, 4) is 0 Å². The summed E-state index contributed by atoms with van der Waals surface area (Å²) in [5.41, 5.74) is 2.35. The van der Waals surface area contributed by atoms with Crippen LogP contribution in [0.1, 0.15) is 16.0 Å². The molecule has 94 valence electrons. The van der Waals surface area contributed by atoms with Gasteiger partial charge in [-0.25, -0.2) is 0 Å². The van der Waals surface area contributed by atoms with Gasteiger partial charge in [0.2, 0.25) is 0 Å². The first-order valence-electron chi connectivity index (χ1n) is 5.39. The van der Waals surface area contributed by atoms with Crippen LogP contribution in [0.15, 0.2) is 46.9 Å². The SMILES string of the molecule is Clc1cc(Cl)cc(C(Br)Cc2ccc(Br)cc2)c1. The summed E-state index contributed by atoms with van der Waals surface area (Å²) in [6, 6.07) is 13.9. The largest absolute Gasteiger partial charge is 0.0843 e. The van der Waals surface area contributed by atoms with Crippen molar-refractivity contribution in [1.82, 2.24) is 0 Å². The Morgan fingerprint density at radius 2 is 1.50 bits per heavy atom. The molecule has 0 fully saturated rings. The second-order valence-corrected chi connectivity index (χ2v) is 6.89. The Bertz CT molecular complexity index is 518. The van der Waals surface area contributed by atoms with Crippen LogP contribution in [-0.2, 0) is 6.42 Å². The molecular formula is C14H10Br2Cl2. The molecule has 18 heavy (non-hydrogen) atoms. The van der Waals surface area contributed by atoms with E-state index >= 15 is 0 Å². The lowest BCUT2D eigenvalue weighted by Gasteiger charge is -2.11. The van der Waals surface area contributed by atoms with Crippen molar-refractivity contribution in [3.05, 3.63) is 68.1 Å². The zero-order valence-electron chi connectivity index (χ0n) is 9.34. The summed E-state index contributed by atoms with van der Waals surface area (Å²) >= 11 is 19.1. The van der Waals surface area contributed by atoms with Crippen molar-refractivity contribution in [2.24, 2.45) is 0 Å². The summed E-state index contributed by atoms with van der Waals surface area (Å²) < 4.78 is 1.09. The molecule has 4 heteroatoms. The molecule has 0 N–H and O–H groups in total. The van der Waals surface area contributed by atoms with E-state index in [-0.39, 0.29) is 4.83 Å². The van der Waals surface area contributed by atoms with Crippen molar-refractivity contribution >= 4 is 55.1 Å². The van der Waals surface area contributed by atoms with E-state index in [0.29, 0.717) is 10.0 Å². The summed E-state index contributed by atoms with van der Waals surface area (Å²) in [6.07, 6.45) is 0.893. The van der Waals surface area contributed by atoms with Gasteiger partial charge < -0.3 is 0 Å². The third kappa shape index (κ3) is 3.99. The molecule has 0 radical (unpaired) electrons. The van der Waals surface area contributed by atoms with Crippen LogP contribution in [0.5, 0.6) is 0 Å². The summed E-state index contributed by atoms with van der Waals surface area (Å²) in [5.74, 6) is 0. The summed E-state index contributed by atoms with van der Waals surface area (Å²) in [7, 11) is 0. The molecular weight excluding hydrogens is 399 g/mol. The highest BCUT2D eigenvalue weighted by Crippen LogP contribution is 2.31. The third-order valence-corrected chi connectivity index (χ3v) is 4.39. The second kappa shape index (κ2) is 6.42. The number of rotatable bonds is 3. The molecule has 0 saturated carbocycles. The van der Waals surface area contributed by atoms with Crippen LogP contribution in [0.3, 0.4) is 0 Å². The fourth-order valence-corrected chi connectivity index (χ4v) is 3.15. The van der Waals surface area contributed by atoms with Gasteiger partial charge in [0.25, 0.3) is 0 Å². The highest BCUT2D eigenvalue weighted by atomic mass is 79.9. The van der Waals surface area contributed by atoms with Gasteiger partial charge in [-0.15, -0.1) is 0 Å². The van der Waals surface area contributed by atoms with Crippen LogP contribution >= 0.6 is 55.1 Å². The van der Waals surface area contributed by atoms with Crippen molar-refractivity contribution in [2.45, 2.75) is 11.2 Å². The van der Waals surface area contributed by atoms with E-state index in [2.05, 4.69) is 44.0 Å². The smallest absolute Gasteiger partial charge is 0.0436 e. The van der Waals surface area contributed by atoms with Crippen molar-refractivity contribution in [2.75, 3.05) is 0 Å². The van der Waals surface area contributed by atoms with Crippen LogP contribution < -0.4 is 0 Å². The van der Waals surface area contributed by atoms with Gasteiger partial charge in [-0.1, -0.05) is 67.2 Å². The van der Waals surface area contributed by atoms with E-state index in [9.17, 15) is 0 Å². The zero-order chi connectivity index (χ0) is 13.1. The van der Waals surface area contributed by atoms with E-state index in [0.717, 1.165) is 16.5 Å². The number of alkyl halides is 1. The molecule has 0 spiro atoms. The minimum absolute atomic E-state index is 0.204. The summed E-state index contributed by atoms with van der Waals surface area (Å²) in [4.78, 5) is 0.204. The van der Waals surface area contributed by atoms with Gasteiger partial charge in [0.1, 0.15) is 0 Å². The molecule has 1 unspecified atom stereocenters.